The molecule has 152 valence electrons. The van der Waals surface area contributed by atoms with E-state index in [0.29, 0.717) is 0 Å². The lowest BCUT2D eigenvalue weighted by Gasteiger charge is -2.09. The molecule has 1 atom stereocenters. The van der Waals surface area contributed by atoms with Crippen molar-refractivity contribution in [2.75, 3.05) is 0 Å². The summed E-state index contributed by atoms with van der Waals surface area (Å²) >= 11 is 0. The van der Waals surface area contributed by atoms with E-state index in [1.807, 2.05) is 13.8 Å². The Hall–Kier alpha value is -3.22. The zero-order valence-electron chi connectivity index (χ0n) is 16.3. The second-order valence-corrected chi connectivity index (χ2v) is 7.07. The van der Waals surface area contributed by atoms with Gasteiger partial charge in [0.1, 0.15) is 5.82 Å². The third-order valence-corrected chi connectivity index (χ3v) is 4.94. The van der Waals surface area contributed by atoms with Crippen molar-refractivity contribution in [3.63, 3.8) is 0 Å². The van der Waals surface area contributed by atoms with Crippen LogP contribution in [0.15, 0.2) is 36.4 Å². The molecule has 0 radical (unpaired) electrons. The maximum Gasteiger partial charge on any atom is 0.311 e. The molecule has 0 saturated carbocycles. The summed E-state index contributed by atoms with van der Waals surface area (Å²) < 4.78 is 33.9. The van der Waals surface area contributed by atoms with Gasteiger partial charge in [-0.3, -0.25) is 14.2 Å². The molecule has 1 aromatic heterocycles. The first-order valence-electron chi connectivity index (χ1n) is 9.27. The molecular weight excluding hydrogens is 380 g/mol. The van der Waals surface area contributed by atoms with Crippen LogP contribution in [0.1, 0.15) is 42.7 Å². The van der Waals surface area contributed by atoms with Gasteiger partial charge in [-0.15, -0.1) is 0 Å². The fourth-order valence-electron chi connectivity index (χ4n) is 3.09. The smallest absolute Gasteiger partial charge is 0.311 e. The topological polar surface area (TPSA) is 68.5 Å². The second-order valence-electron chi connectivity index (χ2n) is 7.07. The molecule has 3 rings (SSSR count). The quantitative estimate of drug-likeness (QED) is 0.614. The van der Waals surface area contributed by atoms with Gasteiger partial charge in [0.25, 0.3) is 5.91 Å². The highest BCUT2D eigenvalue weighted by Crippen LogP contribution is 2.37. The molecule has 0 fully saturated rings. The fraction of sp³-hybridized carbons (Fsp3) is 0.273. The standard InChI is InChI=1S/C22H21F2NO4/c1-4-12(2)9-20(27)29-21-13(3)25(18-11-17(24)19(26)10-16(18)21)22(28)14-5-7-15(23)8-6-14/h5-8,10-12,26H,4,9H2,1-3H3. The van der Waals surface area contributed by atoms with E-state index in [0.717, 1.165) is 30.7 Å². The van der Waals surface area contributed by atoms with Crippen LogP contribution in [0.3, 0.4) is 0 Å². The number of benzene rings is 2. The molecule has 7 heteroatoms. The number of hydrogen-bond donors (Lipinski definition) is 1. The Balaban J connectivity index is 2.13. The summed E-state index contributed by atoms with van der Waals surface area (Å²) in [5, 5.41) is 10.0. The minimum atomic E-state index is -0.916. The number of fused-ring (bicyclic) bond motifs is 1. The van der Waals surface area contributed by atoms with Gasteiger partial charge in [-0.25, -0.2) is 8.78 Å². The number of carbonyl (C=O) groups is 2. The molecule has 2 aromatic carbocycles. The molecule has 0 spiro atoms. The third kappa shape index (κ3) is 3.99. The first-order chi connectivity index (χ1) is 13.7. The lowest BCUT2D eigenvalue weighted by atomic mass is 10.1. The predicted octanol–water partition coefficient (Wildman–Crippen LogP) is 4.96. The van der Waals surface area contributed by atoms with Crippen molar-refractivity contribution in [2.24, 2.45) is 5.92 Å². The minimum absolute atomic E-state index is 0.0825. The first kappa shape index (κ1) is 20.5. The van der Waals surface area contributed by atoms with Crippen molar-refractivity contribution in [3.8, 4) is 11.5 Å². The second kappa shape index (κ2) is 8.03. The molecule has 0 amide bonds. The molecular formula is C22H21F2NO4. The van der Waals surface area contributed by atoms with Crippen LogP contribution < -0.4 is 4.74 Å². The molecule has 3 aromatic rings. The van der Waals surface area contributed by atoms with Gasteiger partial charge < -0.3 is 9.84 Å². The Bertz CT molecular complexity index is 1090. The average molecular weight is 401 g/mol. The van der Waals surface area contributed by atoms with Crippen LogP contribution in [0.25, 0.3) is 10.9 Å². The number of rotatable bonds is 5. The Labute approximate surface area is 166 Å². The van der Waals surface area contributed by atoms with E-state index in [4.69, 9.17) is 4.74 Å². The van der Waals surface area contributed by atoms with Gasteiger partial charge in [-0.2, -0.15) is 0 Å². The van der Waals surface area contributed by atoms with E-state index in [1.54, 1.807) is 6.92 Å². The van der Waals surface area contributed by atoms with Crippen LogP contribution in [-0.2, 0) is 4.79 Å². The maximum absolute atomic E-state index is 14.0. The monoisotopic (exact) mass is 401 g/mol. The van der Waals surface area contributed by atoms with Crippen LogP contribution >= 0.6 is 0 Å². The summed E-state index contributed by atoms with van der Waals surface area (Å²) in [6.07, 6.45) is 0.979. The lowest BCUT2D eigenvalue weighted by Crippen LogP contribution is -2.15. The van der Waals surface area contributed by atoms with E-state index >= 15 is 0 Å². The SMILES string of the molecule is CCC(C)CC(=O)Oc1c(C)n(C(=O)c2ccc(F)cc2)c2cc(F)c(O)cc12. The summed E-state index contributed by atoms with van der Waals surface area (Å²) in [4.78, 5) is 25.3. The Morgan fingerprint density at radius 3 is 2.45 bits per heavy atom. The summed E-state index contributed by atoms with van der Waals surface area (Å²) in [6.45, 7) is 5.43. The largest absolute Gasteiger partial charge is 0.505 e. The maximum atomic E-state index is 14.0. The number of phenols is 1. The zero-order chi connectivity index (χ0) is 21.3. The number of nitrogens with zero attached hydrogens (tertiary/aromatic N) is 1. The molecule has 29 heavy (non-hydrogen) atoms. The summed E-state index contributed by atoms with van der Waals surface area (Å²) in [7, 11) is 0. The number of ether oxygens (including phenoxy) is 1. The fourth-order valence-corrected chi connectivity index (χ4v) is 3.09. The number of phenolic OH excluding ortho intramolecular Hbond substituents is 1. The highest BCUT2D eigenvalue weighted by Gasteiger charge is 2.25. The number of halogens is 2. The van der Waals surface area contributed by atoms with E-state index < -0.39 is 29.3 Å². The Kier molecular flexibility index (Phi) is 5.68. The zero-order valence-corrected chi connectivity index (χ0v) is 16.3. The van der Waals surface area contributed by atoms with E-state index in [2.05, 4.69) is 0 Å². The van der Waals surface area contributed by atoms with Gasteiger partial charge in [0.15, 0.2) is 17.3 Å². The van der Waals surface area contributed by atoms with E-state index in [-0.39, 0.29) is 40.2 Å². The van der Waals surface area contributed by atoms with Crippen molar-refractivity contribution in [1.82, 2.24) is 4.57 Å². The van der Waals surface area contributed by atoms with Crippen LogP contribution in [0.5, 0.6) is 11.5 Å². The Morgan fingerprint density at radius 1 is 1.17 bits per heavy atom. The van der Waals surface area contributed by atoms with Crippen molar-refractivity contribution >= 4 is 22.8 Å². The van der Waals surface area contributed by atoms with Crippen LogP contribution in [0, 0.1) is 24.5 Å². The summed E-state index contributed by atoms with van der Waals surface area (Å²) in [5.74, 6) is -2.86. The van der Waals surface area contributed by atoms with Gasteiger partial charge >= 0.3 is 5.97 Å². The summed E-state index contributed by atoms with van der Waals surface area (Å²) in [5.41, 5.74) is 0.590. The number of hydrogen-bond acceptors (Lipinski definition) is 4. The molecule has 5 nitrogen and oxygen atoms in total. The summed E-state index contributed by atoms with van der Waals surface area (Å²) in [6, 6.07) is 7.05. The highest BCUT2D eigenvalue weighted by molar-refractivity contribution is 6.05. The van der Waals surface area contributed by atoms with E-state index in [9.17, 15) is 23.5 Å². The molecule has 0 aliphatic heterocycles. The normalized spacial score (nSPS) is 12.2. The lowest BCUT2D eigenvalue weighted by molar-refractivity contribution is -0.135. The molecule has 1 N–H and O–H groups in total. The van der Waals surface area contributed by atoms with Gasteiger partial charge in [0, 0.05) is 23.4 Å². The number of aromatic nitrogens is 1. The Morgan fingerprint density at radius 2 is 1.83 bits per heavy atom. The minimum Gasteiger partial charge on any atom is -0.505 e. The number of esters is 1. The van der Waals surface area contributed by atoms with Gasteiger partial charge in [0.05, 0.1) is 11.2 Å². The van der Waals surface area contributed by atoms with Gasteiger partial charge in [0.2, 0.25) is 0 Å². The van der Waals surface area contributed by atoms with Crippen molar-refractivity contribution in [3.05, 3.63) is 59.3 Å². The van der Waals surface area contributed by atoms with Crippen molar-refractivity contribution < 1.29 is 28.2 Å². The molecule has 0 bridgehead atoms. The molecule has 0 saturated heterocycles. The highest BCUT2D eigenvalue weighted by atomic mass is 19.1. The number of carbonyl (C=O) groups excluding carboxylic acids is 2. The van der Waals surface area contributed by atoms with Crippen molar-refractivity contribution in [1.29, 1.82) is 0 Å². The molecule has 0 aliphatic rings. The first-order valence-corrected chi connectivity index (χ1v) is 9.27. The molecule has 1 unspecified atom stereocenters. The van der Waals surface area contributed by atoms with Crippen LogP contribution in [0.4, 0.5) is 8.78 Å². The third-order valence-electron chi connectivity index (χ3n) is 4.94. The van der Waals surface area contributed by atoms with Crippen LogP contribution in [0.2, 0.25) is 0 Å². The average Bonchev–Trinajstić information content (AvgIpc) is 2.93. The number of aromatic hydroxyl groups is 1. The van der Waals surface area contributed by atoms with Crippen LogP contribution in [-0.4, -0.2) is 21.6 Å². The van der Waals surface area contributed by atoms with Gasteiger partial charge in [-0.05, 0) is 43.2 Å². The van der Waals surface area contributed by atoms with Gasteiger partial charge in [-0.1, -0.05) is 20.3 Å². The predicted molar refractivity (Wildman–Crippen MR) is 104 cm³/mol. The molecule has 1 heterocycles. The van der Waals surface area contributed by atoms with E-state index in [1.165, 1.54) is 16.7 Å². The van der Waals surface area contributed by atoms with Crippen molar-refractivity contribution in [2.45, 2.75) is 33.6 Å². The molecule has 0 aliphatic carbocycles.